The summed E-state index contributed by atoms with van der Waals surface area (Å²) in [6.45, 7) is 1.46. The predicted octanol–water partition coefficient (Wildman–Crippen LogP) is 2.69. The highest BCUT2D eigenvalue weighted by Crippen LogP contribution is 2.27. The molecule has 1 saturated heterocycles. The lowest BCUT2D eigenvalue weighted by molar-refractivity contribution is -0.134. The molecule has 146 valence electrons. The monoisotopic (exact) mass is 389 g/mol. The fourth-order valence-corrected chi connectivity index (χ4v) is 4.77. The number of likely N-dealkylation sites (tertiary alicyclic amines) is 1. The molecule has 6 nitrogen and oxygen atoms in total. The number of carbonyl (C=O) groups excluding carboxylic acids is 2. The summed E-state index contributed by atoms with van der Waals surface area (Å²) in [6.07, 6.45) is 4.51. The van der Waals surface area contributed by atoms with Gasteiger partial charge in [-0.05, 0) is 60.4 Å². The van der Waals surface area contributed by atoms with Crippen LogP contribution >= 0.6 is 11.3 Å². The maximum atomic E-state index is 12.7. The fraction of sp³-hybridized carbons (Fsp3) is 0.500. The summed E-state index contributed by atoms with van der Waals surface area (Å²) < 4.78 is 1.22. The molecule has 1 aliphatic rings. The van der Waals surface area contributed by atoms with Gasteiger partial charge in [0.2, 0.25) is 11.8 Å². The van der Waals surface area contributed by atoms with Crippen LogP contribution in [-0.4, -0.2) is 41.1 Å². The molecule has 4 N–H and O–H groups in total. The summed E-state index contributed by atoms with van der Waals surface area (Å²) >= 11 is 1.69. The van der Waals surface area contributed by atoms with Gasteiger partial charge in [0.05, 0.1) is 6.04 Å². The van der Waals surface area contributed by atoms with Crippen LogP contribution in [0.15, 0.2) is 29.6 Å². The zero-order chi connectivity index (χ0) is 19.2. The molecule has 0 radical (unpaired) electrons. The third kappa shape index (κ3) is 5.06. The molecule has 0 saturated carbocycles. The first-order chi connectivity index (χ1) is 13.1. The van der Waals surface area contributed by atoms with E-state index in [1.807, 2.05) is 17.0 Å². The Hall–Kier alpha value is -1.96. The summed E-state index contributed by atoms with van der Waals surface area (Å²) in [6, 6.07) is 7.70. The highest BCUT2D eigenvalue weighted by Gasteiger charge is 2.26. The molecule has 2 heterocycles. The third-order valence-electron chi connectivity index (χ3n) is 5.39. The molecule has 1 aromatic carbocycles. The van der Waals surface area contributed by atoms with Crippen LogP contribution in [0.25, 0.3) is 10.1 Å². The van der Waals surface area contributed by atoms with Crippen LogP contribution in [0.4, 0.5) is 0 Å². The minimum Gasteiger partial charge on any atom is -0.341 e. The van der Waals surface area contributed by atoms with E-state index >= 15 is 0 Å². The van der Waals surface area contributed by atoms with Crippen LogP contribution in [0, 0.1) is 5.92 Å². The van der Waals surface area contributed by atoms with Gasteiger partial charge in [-0.15, -0.1) is 11.3 Å². The molecule has 0 bridgehead atoms. The fourth-order valence-electron chi connectivity index (χ4n) is 3.80. The number of hydrogen-bond acceptors (Lipinski definition) is 5. The van der Waals surface area contributed by atoms with Gasteiger partial charge in [0.25, 0.3) is 0 Å². The molecule has 1 atom stereocenters. The van der Waals surface area contributed by atoms with Crippen molar-refractivity contribution in [2.24, 2.45) is 11.7 Å². The largest absolute Gasteiger partial charge is 0.341 e. The first kappa shape index (κ1) is 19.8. The lowest BCUT2D eigenvalue weighted by atomic mass is 9.91. The molecule has 2 amide bonds. The number of nitrogens with one attached hydrogen (secondary N) is 1. The average Bonchev–Trinajstić information content (AvgIpc) is 3.10. The first-order valence-electron chi connectivity index (χ1n) is 9.51. The molecule has 27 heavy (non-hydrogen) atoms. The topological polar surface area (TPSA) is 95.7 Å². The summed E-state index contributed by atoms with van der Waals surface area (Å²) in [5, 5.41) is 11.8. The van der Waals surface area contributed by atoms with Crippen LogP contribution < -0.4 is 11.2 Å². The van der Waals surface area contributed by atoms with E-state index in [4.69, 9.17) is 10.9 Å². The average molecular weight is 390 g/mol. The molecule has 1 aromatic heterocycles. The van der Waals surface area contributed by atoms with E-state index in [0.29, 0.717) is 18.8 Å². The van der Waals surface area contributed by atoms with Crippen molar-refractivity contribution in [3.8, 4) is 0 Å². The Morgan fingerprint density at radius 3 is 2.78 bits per heavy atom. The van der Waals surface area contributed by atoms with Gasteiger partial charge >= 0.3 is 0 Å². The predicted molar refractivity (Wildman–Crippen MR) is 107 cm³/mol. The number of nitrogens with zero attached hydrogens (tertiary/aromatic N) is 1. The normalized spacial score (nSPS) is 16.4. The number of carbonyl (C=O) groups is 2. The van der Waals surface area contributed by atoms with Crippen molar-refractivity contribution >= 4 is 33.2 Å². The maximum Gasteiger partial charge on any atom is 0.243 e. The van der Waals surface area contributed by atoms with Crippen LogP contribution in [0.5, 0.6) is 0 Å². The Morgan fingerprint density at radius 1 is 1.30 bits per heavy atom. The minimum atomic E-state index is -0.507. The van der Waals surface area contributed by atoms with Crippen molar-refractivity contribution in [1.29, 1.82) is 0 Å². The van der Waals surface area contributed by atoms with E-state index in [9.17, 15) is 9.59 Å². The minimum absolute atomic E-state index is 0.0309. The second-order valence-electron chi connectivity index (χ2n) is 7.26. The zero-order valence-corrected chi connectivity index (χ0v) is 16.2. The van der Waals surface area contributed by atoms with Crippen LogP contribution in [-0.2, 0) is 16.0 Å². The molecule has 0 aliphatic carbocycles. The maximum absolute atomic E-state index is 12.7. The van der Waals surface area contributed by atoms with Crippen molar-refractivity contribution in [2.45, 2.75) is 44.6 Å². The molecular formula is C20H27N3O3S. The van der Waals surface area contributed by atoms with Gasteiger partial charge in [0.15, 0.2) is 0 Å². The second-order valence-corrected chi connectivity index (χ2v) is 8.17. The van der Waals surface area contributed by atoms with E-state index in [1.165, 1.54) is 10.1 Å². The Bertz CT molecular complexity index is 784. The van der Waals surface area contributed by atoms with Gasteiger partial charge in [0, 0.05) is 24.2 Å². The summed E-state index contributed by atoms with van der Waals surface area (Å²) in [7, 11) is 0. The molecule has 0 spiro atoms. The Kier molecular flexibility index (Phi) is 6.82. The van der Waals surface area contributed by atoms with Gasteiger partial charge < -0.3 is 10.6 Å². The number of nitrogens with two attached hydrogens (primary N) is 1. The van der Waals surface area contributed by atoms with Gasteiger partial charge in [-0.25, -0.2) is 5.48 Å². The van der Waals surface area contributed by atoms with Gasteiger partial charge in [0.1, 0.15) is 0 Å². The molecular weight excluding hydrogens is 362 g/mol. The van der Waals surface area contributed by atoms with Crippen molar-refractivity contribution < 1.29 is 14.8 Å². The van der Waals surface area contributed by atoms with Crippen LogP contribution in [0.2, 0.25) is 0 Å². The van der Waals surface area contributed by atoms with Gasteiger partial charge in [-0.3, -0.25) is 14.8 Å². The van der Waals surface area contributed by atoms with Gasteiger partial charge in [-0.1, -0.05) is 18.2 Å². The Morgan fingerprint density at radius 2 is 2.04 bits per heavy atom. The number of hydrogen-bond donors (Lipinski definition) is 3. The molecule has 1 aliphatic heterocycles. The van der Waals surface area contributed by atoms with Crippen molar-refractivity contribution in [2.75, 3.05) is 13.1 Å². The molecule has 3 rings (SSSR count). The molecule has 1 fully saturated rings. The Labute approximate surface area is 163 Å². The van der Waals surface area contributed by atoms with Crippen LogP contribution in [0.3, 0.4) is 0 Å². The standard InChI is InChI=1S/C20H27N3O3S/c21-17(12-15-13-27-18-6-2-1-5-16(15)18)20(25)23-10-8-14(9-11-23)4-3-7-19(24)22-26/h1-2,5-6,13-14,17,26H,3-4,7-12,21H2,(H,22,24)/t17-/m1/s1. The number of thiophene rings is 1. The number of benzene rings is 1. The van der Waals surface area contributed by atoms with E-state index in [1.54, 1.807) is 16.8 Å². The van der Waals surface area contributed by atoms with E-state index in [0.717, 1.165) is 44.3 Å². The molecule has 0 unspecified atom stereocenters. The third-order valence-corrected chi connectivity index (χ3v) is 6.40. The van der Waals surface area contributed by atoms with E-state index < -0.39 is 6.04 Å². The van der Waals surface area contributed by atoms with E-state index in [2.05, 4.69) is 17.5 Å². The zero-order valence-electron chi connectivity index (χ0n) is 15.4. The lowest BCUT2D eigenvalue weighted by Gasteiger charge is -2.33. The van der Waals surface area contributed by atoms with Gasteiger partial charge in [-0.2, -0.15) is 0 Å². The smallest absolute Gasteiger partial charge is 0.243 e. The molecule has 2 aromatic rings. The number of hydroxylamine groups is 1. The number of fused-ring (bicyclic) bond motifs is 1. The highest BCUT2D eigenvalue weighted by atomic mass is 32.1. The quantitative estimate of drug-likeness (QED) is 0.501. The van der Waals surface area contributed by atoms with Crippen molar-refractivity contribution in [1.82, 2.24) is 10.4 Å². The van der Waals surface area contributed by atoms with Crippen molar-refractivity contribution in [3.63, 3.8) is 0 Å². The van der Waals surface area contributed by atoms with E-state index in [-0.39, 0.29) is 11.8 Å². The second kappa shape index (κ2) is 9.30. The lowest BCUT2D eigenvalue weighted by Crippen LogP contribution is -2.48. The number of rotatable bonds is 7. The van der Waals surface area contributed by atoms with Crippen molar-refractivity contribution in [3.05, 3.63) is 35.2 Å². The SMILES string of the molecule is N[C@H](Cc1csc2ccccc12)C(=O)N1CCC(CCCC(=O)NO)CC1. The van der Waals surface area contributed by atoms with Crippen LogP contribution in [0.1, 0.15) is 37.7 Å². The first-order valence-corrected chi connectivity index (χ1v) is 10.4. The number of piperidine rings is 1. The Balaban J connectivity index is 1.46. The number of amides is 2. The summed E-state index contributed by atoms with van der Waals surface area (Å²) in [5.41, 5.74) is 9.05. The molecule has 7 heteroatoms. The highest BCUT2D eigenvalue weighted by molar-refractivity contribution is 7.17. The summed E-state index contributed by atoms with van der Waals surface area (Å²) in [5.74, 6) is 0.218. The summed E-state index contributed by atoms with van der Waals surface area (Å²) in [4.78, 5) is 25.7.